The minimum Gasteiger partial charge on any atom is -0.380 e. The van der Waals surface area contributed by atoms with E-state index in [0.717, 1.165) is 43.1 Å². The van der Waals surface area contributed by atoms with Crippen molar-refractivity contribution in [3.05, 3.63) is 41.9 Å². The highest BCUT2D eigenvalue weighted by Crippen LogP contribution is 2.34. The molecule has 0 aromatic carbocycles. The zero-order valence-electron chi connectivity index (χ0n) is 14.8. The Morgan fingerprint density at radius 3 is 3.00 bits per heavy atom. The maximum absolute atomic E-state index is 5.65. The number of methoxy groups -OCH3 is 1. The zero-order valence-corrected chi connectivity index (χ0v) is 14.8. The monoisotopic (exact) mass is 341 g/mol. The molecule has 0 aliphatic carbocycles. The van der Waals surface area contributed by atoms with Crippen LogP contribution in [0.4, 0.5) is 0 Å². The molecule has 8 heteroatoms. The van der Waals surface area contributed by atoms with Gasteiger partial charge < -0.3 is 4.74 Å². The van der Waals surface area contributed by atoms with Crippen LogP contribution in [0, 0.1) is 0 Å². The molecular weight excluding hydrogens is 318 g/mol. The molecule has 1 fully saturated rings. The maximum atomic E-state index is 5.65. The van der Waals surface area contributed by atoms with E-state index in [1.54, 1.807) is 19.5 Å². The number of hydrogen-bond acceptors (Lipinski definition) is 6. The van der Waals surface area contributed by atoms with Crippen molar-refractivity contribution in [2.24, 2.45) is 7.05 Å². The molecule has 0 amide bonds. The topological polar surface area (TPSA) is 73.4 Å². The first-order chi connectivity index (χ1) is 12.2. The molecule has 25 heavy (non-hydrogen) atoms. The number of hydrogen-bond donors (Lipinski definition) is 0. The molecule has 2 atom stereocenters. The Balaban J connectivity index is 1.67. The minimum atomic E-state index is 0.160. The highest BCUT2D eigenvalue weighted by Gasteiger charge is 2.36. The summed E-state index contributed by atoms with van der Waals surface area (Å²) in [7, 11) is 3.75. The summed E-state index contributed by atoms with van der Waals surface area (Å²) in [6, 6.07) is 0.160. The second-order valence-corrected chi connectivity index (χ2v) is 6.53. The number of likely N-dealkylation sites (tertiary alicyclic amines) is 1. The van der Waals surface area contributed by atoms with Gasteiger partial charge in [-0.25, -0.2) is 0 Å². The van der Waals surface area contributed by atoms with E-state index < -0.39 is 0 Å². The Hall–Kier alpha value is -2.32. The van der Waals surface area contributed by atoms with Crippen LogP contribution in [0.25, 0.3) is 5.65 Å². The van der Waals surface area contributed by atoms with Crippen molar-refractivity contribution in [2.45, 2.75) is 38.5 Å². The van der Waals surface area contributed by atoms with Gasteiger partial charge in [0.25, 0.3) is 0 Å². The van der Waals surface area contributed by atoms with Gasteiger partial charge in [0.05, 0.1) is 24.0 Å². The first kappa shape index (κ1) is 16.2. The highest BCUT2D eigenvalue weighted by molar-refractivity contribution is 5.34. The summed E-state index contributed by atoms with van der Waals surface area (Å²) in [5.41, 5.74) is 3.19. The molecule has 0 N–H and O–H groups in total. The molecule has 4 rings (SSSR count). The van der Waals surface area contributed by atoms with E-state index in [2.05, 4.69) is 38.3 Å². The summed E-state index contributed by atoms with van der Waals surface area (Å²) in [5, 5.41) is 13.3. The Labute approximate surface area is 146 Å². The molecule has 0 saturated carbocycles. The van der Waals surface area contributed by atoms with Crippen LogP contribution in [0.15, 0.2) is 24.8 Å². The van der Waals surface area contributed by atoms with Crippen molar-refractivity contribution in [3.63, 3.8) is 0 Å². The van der Waals surface area contributed by atoms with Gasteiger partial charge in [-0.05, 0) is 12.8 Å². The number of ether oxygens (including phenoxy) is 1. The van der Waals surface area contributed by atoms with Gasteiger partial charge in [-0.3, -0.25) is 19.0 Å². The lowest BCUT2D eigenvalue weighted by Crippen LogP contribution is -2.26. The quantitative estimate of drug-likeness (QED) is 0.698. The van der Waals surface area contributed by atoms with Crippen LogP contribution in [0.1, 0.15) is 36.5 Å². The molecule has 4 heterocycles. The lowest BCUT2D eigenvalue weighted by Gasteiger charge is -2.22. The van der Waals surface area contributed by atoms with Gasteiger partial charge in [-0.1, -0.05) is 6.92 Å². The van der Waals surface area contributed by atoms with E-state index in [1.807, 2.05) is 22.3 Å². The molecule has 0 spiro atoms. The van der Waals surface area contributed by atoms with Crippen molar-refractivity contribution < 1.29 is 4.74 Å². The molecule has 132 valence electrons. The van der Waals surface area contributed by atoms with E-state index in [0.29, 0.717) is 0 Å². The predicted octanol–water partition coefficient (Wildman–Crippen LogP) is 1.38. The van der Waals surface area contributed by atoms with Crippen LogP contribution < -0.4 is 0 Å². The largest absolute Gasteiger partial charge is 0.380 e. The fraction of sp³-hybridized carbons (Fsp3) is 0.529. The summed E-state index contributed by atoms with van der Waals surface area (Å²) >= 11 is 0. The summed E-state index contributed by atoms with van der Waals surface area (Å²) in [6.07, 6.45) is 9.57. The van der Waals surface area contributed by atoms with E-state index in [-0.39, 0.29) is 12.1 Å². The summed E-state index contributed by atoms with van der Waals surface area (Å²) in [5.74, 6) is 0.943. The van der Waals surface area contributed by atoms with Crippen molar-refractivity contribution in [2.75, 3.05) is 13.7 Å². The first-order valence-electron chi connectivity index (χ1n) is 8.62. The molecule has 0 radical (unpaired) electrons. The molecule has 3 aromatic heterocycles. The number of nitrogens with zero attached hydrogens (tertiary/aromatic N) is 7. The van der Waals surface area contributed by atoms with Crippen LogP contribution in [0.2, 0.25) is 0 Å². The van der Waals surface area contributed by atoms with Gasteiger partial charge in [0.15, 0.2) is 11.5 Å². The number of rotatable bonds is 5. The Morgan fingerprint density at radius 2 is 2.20 bits per heavy atom. The highest BCUT2D eigenvalue weighted by atomic mass is 16.5. The molecule has 1 saturated heterocycles. The third-order valence-electron chi connectivity index (χ3n) is 4.94. The summed E-state index contributed by atoms with van der Waals surface area (Å²) in [4.78, 5) is 6.54. The van der Waals surface area contributed by atoms with Gasteiger partial charge in [-0.2, -0.15) is 5.10 Å². The van der Waals surface area contributed by atoms with Crippen LogP contribution in [0.3, 0.4) is 0 Å². The van der Waals surface area contributed by atoms with Crippen molar-refractivity contribution in [1.82, 2.24) is 34.3 Å². The van der Waals surface area contributed by atoms with E-state index >= 15 is 0 Å². The molecule has 1 aliphatic rings. The fourth-order valence-corrected chi connectivity index (χ4v) is 3.71. The van der Waals surface area contributed by atoms with Crippen molar-refractivity contribution >= 4 is 5.65 Å². The van der Waals surface area contributed by atoms with Gasteiger partial charge in [0.2, 0.25) is 0 Å². The summed E-state index contributed by atoms with van der Waals surface area (Å²) < 4.78 is 9.56. The second-order valence-electron chi connectivity index (χ2n) is 6.53. The van der Waals surface area contributed by atoms with Gasteiger partial charge in [-0.15, -0.1) is 10.2 Å². The first-order valence-corrected chi connectivity index (χ1v) is 8.62. The predicted molar refractivity (Wildman–Crippen MR) is 91.9 cm³/mol. The number of aryl methyl sites for hydroxylation is 2. The molecule has 8 nitrogen and oxygen atoms in total. The van der Waals surface area contributed by atoms with Crippen LogP contribution in [-0.4, -0.2) is 54.0 Å². The minimum absolute atomic E-state index is 0.160. The molecule has 0 unspecified atom stereocenters. The SMILES string of the molecule is CCc1nn(C)cc1CN1C[C@H](OC)C[C@H]1c1nnc2cnccn12. The summed E-state index contributed by atoms with van der Waals surface area (Å²) in [6.45, 7) is 3.85. The number of fused-ring (bicyclic) bond motifs is 1. The lowest BCUT2D eigenvalue weighted by atomic mass is 10.1. The maximum Gasteiger partial charge on any atom is 0.179 e. The van der Waals surface area contributed by atoms with Crippen LogP contribution in [0.5, 0.6) is 0 Å². The number of aromatic nitrogens is 6. The van der Waals surface area contributed by atoms with E-state index in [1.165, 1.54) is 5.56 Å². The van der Waals surface area contributed by atoms with Gasteiger partial charge >= 0.3 is 0 Å². The van der Waals surface area contributed by atoms with Crippen LogP contribution >= 0.6 is 0 Å². The third kappa shape index (κ3) is 2.91. The van der Waals surface area contributed by atoms with E-state index in [4.69, 9.17) is 4.74 Å². The van der Waals surface area contributed by atoms with Crippen molar-refractivity contribution in [1.29, 1.82) is 0 Å². The fourth-order valence-electron chi connectivity index (χ4n) is 3.71. The zero-order chi connectivity index (χ0) is 17.4. The Kier molecular flexibility index (Phi) is 4.22. The average molecular weight is 341 g/mol. The molecule has 0 bridgehead atoms. The normalized spacial score (nSPS) is 21.4. The standard InChI is InChI=1S/C17H23N7O/c1-4-14-12(9-22(2)21-14)10-23-11-13(25-3)7-15(23)17-20-19-16-8-18-5-6-24(16)17/h5-6,8-9,13,15H,4,7,10-11H2,1-3H3/t13-,15+/m1/s1. The van der Waals surface area contributed by atoms with Gasteiger partial charge in [0.1, 0.15) is 0 Å². The molecular formula is C17H23N7O. The van der Waals surface area contributed by atoms with Gasteiger partial charge in [0, 0.05) is 51.4 Å². The Bertz CT molecular complexity index is 871. The molecule has 3 aromatic rings. The smallest absolute Gasteiger partial charge is 0.179 e. The average Bonchev–Trinajstić information content (AvgIpc) is 3.31. The van der Waals surface area contributed by atoms with E-state index in [9.17, 15) is 0 Å². The third-order valence-corrected chi connectivity index (χ3v) is 4.94. The van der Waals surface area contributed by atoms with Crippen LogP contribution in [-0.2, 0) is 24.8 Å². The Morgan fingerprint density at radius 1 is 1.32 bits per heavy atom. The van der Waals surface area contributed by atoms with Crippen molar-refractivity contribution in [3.8, 4) is 0 Å². The molecule has 1 aliphatic heterocycles. The second kappa shape index (κ2) is 6.53. The lowest BCUT2D eigenvalue weighted by molar-refractivity contribution is 0.107.